The van der Waals surface area contributed by atoms with E-state index < -0.39 is 0 Å². The third-order valence-corrected chi connectivity index (χ3v) is 4.50. The van der Waals surface area contributed by atoms with E-state index in [2.05, 4.69) is 34.2 Å². The number of nitrogens with one attached hydrogen (secondary N) is 1. The van der Waals surface area contributed by atoms with Crippen LogP contribution in [0.2, 0.25) is 0 Å². The average Bonchev–Trinajstić information content (AvgIpc) is 2.67. The molecular weight excluding hydrogens is 328 g/mol. The number of aromatic amines is 1. The lowest BCUT2D eigenvalue weighted by molar-refractivity contribution is 0.355. The van der Waals surface area contributed by atoms with Gasteiger partial charge in [-0.3, -0.25) is 4.79 Å². The van der Waals surface area contributed by atoms with Gasteiger partial charge in [-0.15, -0.1) is 0 Å². The molecule has 0 unspecified atom stereocenters. The van der Waals surface area contributed by atoms with Crippen molar-refractivity contribution in [3.05, 3.63) is 76.3 Å². The number of rotatable bonds is 4. The zero-order valence-electron chi connectivity index (χ0n) is 14.6. The van der Waals surface area contributed by atoms with Gasteiger partial charge in [0.2, 0.25) is 0 Å². The van der Waals surface area contributed by atoms with Crippen LogP contribution in [0.4, 0.5) is 0 Å². The number of ether oxygens (including phenoxy) is 2. The molecular formula is C21H18N2O3. The summed E-state index contributed by atoms with van der Waals surface area (Å²) in [5, 5.41) is 2.80. The third-order valence-electron chi connectivity index (χ3n) is 4.50. The Morgan fingerprint density at radius 3 is 2.46 bits per heavy atom. The van der Waals surface area contributed by atoms with Crippen LogP contribution < -0.4 is 15.0 Å². The molecule has 0 radical (unpaired) electrons. The molecule has 5 nitrogen and oxygen atoms in total. The smallest absolute Gasteiger partial charge is 0.258 e. The van der Waals surface area contributed by atoms with Crippen LogP contribution in [0, 0.1) is 0 Å². The van der Waals surface area contributed by atoms with E-state index >= 15 is 0 Å². The van der Waals surface area contributed by atoms with Crippen LogP contribution in [0.25, 0.3) is 21.7 Å². The van der Waals surface area contributed by atoms with Gasteiger partial charge in [0.25, 0.3) is 5.56 Å². The minimum absolute atomic E-state index is 0.189. The van der Waals surface area contributed by atoms with Crippen LogP contribution in [0.1, 0.15) is 11.4 Å². The molecule has 0 atom stereocenters. The van der Waals surface area contributed by atoms with Crippen LogP contribution in [-0.2, 0) is 6.42 Å². The van der Waals surface area contributed by atoms with Crippen molar-refractivity contribution in [1.29, 1.82) is 0 Å². The Labute approximate surface area is 150 Å². The minimum Gasteiger partial charge on any atom is -0.493 e. The van der Waals surface area contributed by atoms with Crippen molar-refractivity contribution < 1.29 is 9.47 Å². The maximum Gasteiger partial charge on any atom is 0.258 e. The second-order valence-electron chi connectivity index (χ2n) is 6.05. The van der Waals surface area contributed by atoms with Crippen molar-refractivity contribution in [1.82, 2.24) is 9.97 Å². The second kappa shape index (κ2) is 6.52. The fourth-order valence-corrected chi connectivity index (χ4v) is 3.23. The van der Waals surface area contributed by atoms with E-state index in [1.165, 1.54) is 5.39 Å². The molecule has 1 heterocycles. The third kappa shape index (κ3) is 2.77. The van der Waals surface area contributed by atoms with E-state index in [9.17, 15) is 4.79 Å². The molecule has 0 saturated carbocycles. The van der Waals surface area contributed by atoms with Crippen molar-refractivity contribution in [2.45, 2.75) is 6.42 Å². The van der Waals surface area contributed by atoms with Gasteiger partial charge in [-0.25, -0.2) is 4.98 Å². The van der Waals surface area contributed by atoms with Crippen molar-refractivity contribution >= 4 is 21.7 Å². The molecule has 0 bridgehead atoms. The molecule has 0 spiro atoms. The predicted octanol–water partition coefficient (Wildman–Crippen LogP) is 3.68. The van der Waals surface area contributed by atoms with Crippen LogP contribution in [0.5, 0.6) is 11.5 Å². The Bertz CT molecular complexity index is 1160. The first-order valence-corrected chi connectivity index (χ1v) is 8.31. The van der Waals surface area contributed by atoms with Crippen molar-refractivity contribution in [3.63, 3.8) is 0 Å². The Morgan fingerprint density at radius 2 is 1.65 bits per heavy atom. The van der Waals surface area contributed by atoms with E-state index in [0.29, 0.717) is 34.6 Å². The second-order valence-corrected chi connectivity index (χ2v) is 6.05. The van der Waals surface area contributed by atoms with Crippen LogP contribution in [-0.4, -0.2) is 24.2 Å². The van der Waals surface area contributed by atoms with Crippen molar-refractivity contribution in [2.24, 2.45) is 0 Å². The Kier molecular flexibility index (Phi) is 4.05. The van der Waals surface area contributed by atoms with Gasteiger partial charge >= 0.3 is 0 Å². The lowest BCUT2D eigenvalue weighted by Crippen LogP contribution is -2.12. The first kappa shape index (κ1) is 16.1. The molecule has 1 aromatic heterocycles. The van der Waals surface area contributed by atoms with Crippen LogP contribution >= 0.6 is 0 Å². The fraction of sp³-hybridized carbons (Fsp3) is 0.143. The van der Waals surface area contributed by atoms with Gasteiger partial charge < -0.3 is 14.5 Å². The zero-order chi connectivity index (χ0) is 18.1. The molecule has 0 aliphatic rings. The summed E-state index contributed by atoms with van der Waals surface area (Å²) in [4.78, 5) is 20.0. The summed E-state index contributed by atoms with van der Waals surface area (Å²) in [6.45, 7) is 0. The van der Waals surface area contributed by atoms with E-state index in [1.54, 1.807) is 26.4 Å². The summed E-state index contributed by atoms with van der Waals surface area (Å²) in [7, 11) is 3.11. The van der Waals surface area contributed by atoms with Gasteiger partial charge in [-0.1, -0.05) is 42.5 Å². The molecule has 0 fully saturated rings. The quantitative estimate of drug-likeness (QED) is 0.612. The van der Waals surface area contributed by atoms with E-state index in [1.807, 2.05) is 18.2 Å². The number of nitrogens with zero attached hydrogens (tertiary/aromatic N) is 1. The fourth-order valence-electron chi connectivity index (χ4n) is 3.23. The summed E-state index contributed by atoms with van der Waals surface area (Å²) >= 11 is 0. The molecule has 0 aliphatic carbocycles. The summed E-state index contributed by atoms with van der Waals surface area (Å²) in [6, 6.07) is 17.7. The number of hydrogen-bond acceptors (Lipinski definition) is 4. The SMILES string of the molecule is COc1cc2nc(Cc3cccc4ccccc34)[nH]c(=O)c2cc1OC. The van der Waals surface area contributed by atoms with E-state index in [0.717, 1.165) is 10.9 Å². The van der Waals surface area contributed by atoms with Gasteiger partial charge in [0.15, 0.2) is 11.5 Å². The van der Waals surface area contributed by atoms with Crippen molar-refractivity contribution in [3.8, 4) is 11.5 Å². The number of fused-ring (bicyclic) bond motifs is 2. The number of hydrogen-bond donors (Lipinski definition) is 1. The summed E-state index contributed by atoms with van der Waals surface area (Å²) in [5.41, 5.74) is 1.51. The van der Waals surface area contributed by atoms with Gasteiger partial charge in [0.1, 0.15) is 5.82 Å². The molecule has 0 amide bonds. The number of aromatic nitrogens is 2. The molecule has 0 saturated heterocycles. The highest BCUT2D eigenvalue weighted by molar-refractivity contribution is 5.86. The highest BCUT2D eigenvalue weighted by atomic mass is 16.5. The zero-order valence-corrected chi connectivity index (χ0v) is 14.6. The van der Waals surface area contributed by atoms with Gasteiger partial charge in [0.05, 0.1) is 25.1 Å². The average molecular weight is 346 g/mol. The van der Waals surface area contributed by atoms with Crippen molar-refractivity contribution in [2.75, 3.05) is 14.2 Å². The van der Waals surface area contributed by atoms with Gasteiger partial charge in [0, 0.05) is 12.5 Å². The van der Waals surface area contributed by atoms with Crippen LogP contribution in [0.15, 0.2) is 59.4 Å². The number of benzene rings is 3. The molecule has 0 aliphatic heterocycles. The Hall–Kier alpha value is -3.34. The van der Waals surface area contributed by atoms with E-state index in [-0.39, 0.29) is 5.56 Å². The first-order chi connectivity index (χ1) is 12.7. The maximum absolute atomic E-state index is 12.5. The molecule has 26 heavy (non-hydrogen) atoms. The molecule has 3 aromatic carbocycles. The summed E-state index contributed by atoms with van der Waals surface area (Å²) < 4.78 is 10.6. The topological polar surface area (TPSA) is 64.2 Å². The predicted molar refractivity (Wildman–Crippen MR) is 102 cm³/mol. The Balaban J connectivity index is 1.83. The maximum atomic E-state index is 12.5. The Morgan fingerprint density at radius 1 is 0.923 bits per heavy atom. The van der Waals surface area contributed by atoms with Gasteiger partial charge in [-0.2, -0.15) is 0 Å². The normalized spacial score (nSPS) is 11.0. The molecule has 4 aromatic rings. The largest absolute Gasteiger partial charge is 0.493 e. The monoisotopic (exact) mass is 346 g/mol. The molecule has 5 heteroatoms. The lowest BCUT2D eigenvalue weighted by atomic mass is 10.0. The highest BCUT2D eigenvalue weighted by Crippen LogP contribution is 2.30. The van der Waals surface area contributed by atoms with E-state index in [4.69, 9.17) is 9.47 Å². The number of H-pyrrole nitrogens is 1. The van der Waals surface area contributed by atoms with Gasteiger partial charge in [-0.05, 0) is 22.4 Å². The highest BCUT2D eigenvalue weighted by Gasteiger charge is 2.12. The summed E-state index contributed by atoms with van der Waals surface area (Å²) in [6.07, 6.45) is 0.543. The molecule has 4 rings (SSSR count). The standard InChI is InChI=1S/C21H18N2O3/c1-25-18-11-16-17(12-19(18)26-2)22-20(23-21(16)24)10-14-8-5-7-13-6-3-4-9-15(13)14/h3-9,11-12H,10H2,1-2H3,(H,22,23,24). The molecule has 1 N–H and O–H groups in total. The number of methoxy groups -OCH3 is 2. The first-order valence-electron chi connectivity index (χ1n) is 8.31. The lowest BCUT2D eigenvalue weighted by Gasteiger charge is -2.10. The minimum atomic E-state index is -0.189. The summed E-state index contributed by atoms with van der Waals surface area (Å²) in [5.74, 6) is 1.68. The van der Waals surface area contributed by atoms with Crippen LogP contribution in [0.3, 0.4) is 0 Å². The molecule has 130 valence electrons.